The van der Waals surface area contributed by atoms with Crippen molar-refractivity contribution in [1.29, 1.82) is 0 Å². The molecule has 108 valence electrons. The fraction of sp³-hybridized carbons (Fsp3) is 0.846. The molecule has 2 fully saturated rings. The number of carbonyl (C=O) groups excluding carboxylic acids is 1. The molecule has 19 heavy (non-hydrogen) atoms. The van der Waals surface area contributed by atoms with Crippen molar-refractivity contribution in [3.05, 3.63) is 0 Å². The Balaban J connectivity index is 1.81. The van der Waals surface area contributed by atoms with Crippen molar-refractivity contribution in [2.75, 3.05) is 13.2 Å². The van der Waals surface area contributed by atoms with Gasteiger partial charge in [-0.2, -0.15) is 0 Å². The number of nitrogens with zero attached hydrogens (tertiary/aromatic N) is 1. The molecule has 1 aliphatic carbocycles. The summed E-state index contributed by atoms with van der Waals surface area (Å²) in [7, 11) is 0. The van der Waals surface area contributed by atoms with Gasteiger partial charge < -0.3 is 19.8 Å². The van der Waals surface area contributed by atoms with E-state index in [9.17, 15) is 14.7 Å². The van der Waals surface area contributed by atoms with Crippen molar-refractivity contribution in [3.63, 3.8) is 0 Å². The number of β-amino-alcohol motifs (C(OH)–C–C–N with tert-alkyl or cyclic N) is 1. The van der Waals surface area contributed by atoms with Crippen molar-refractivity contribution < 1.29 is 24.5 Å². The van der Waals surface area contributed by atoms with Gasteiger partial charge in [0.1, 0.15) is 6.04 Å². The summed E-state index contributed by atoms with van der Waals surface area (Å²) >= 11 is 0. The van der Waals surface area contributed by atoms with Crippen LogP contribution in [0.15, 0.2) is 0 Å². The Morgan fingerprint density at radius 1 is 1.32 bits per heavy atom. The van der Waals surface area contributed by atoms with E-state index in [2.05, 4.69) is 0 Å². The number of aliphatic hydroxyl groups excluding tert-OH is 1. The third-order valence-electron chi connectivity index (χ3n) is 3.94. The van der Waals surface area contributed by atoms with Crippen molar-refractivity contribution in [2.24, 2.45) is 5.92 Å². The van der Waals surface area contributed by atoms with Crippen LogP contribution in [0.4, 0.5) is 0 Å². The minimum Gasteiger partial charge on any atom is -0.480 e. The van der Waals surface area contributed by atoms with Gasteiger partial charge in [0.15, 0.2) is 0 Å². The molecule has 6 nitrogen and oxygen atoms in total. The number of carboxylic acid groups (broad SMARTS) is 1. The van der Waals surface area contributed by atoms with Crippen molar-refractivity contribution >= 4 is 11.9 Å². The normalized spacial score (nSPS) is 34.1. The first-order valence-corrected chi connectivity index (χ1v) is 6.83. The lowest BCUT2D eigenvalue weighted by atomic mass is 9.79. The number of amides is 1. The summed E-state index contributed by atoms with van der Waals surface area (Å²) in [4.78, 5) is 24.4. The maximum absolute atomic E-state index is 12.1. The lowest BCUT2D eigenvalue weighted by molar-refractivity contribution is -0.149. The molecular formula is C13H21NO5. The number of aliphatic hydroxyl groups is 1. The van der Waals surface area contributed by atoms with Crippen molar-refractivity contribution in [1.82, 2.24) is 4.90 Å². The fourth-order valence-corrected chi connectivity index (χ4v) is 2.90. The molecule has 1 aliphatic heterocycles. The largest absolute Gasteiger partial charge is 0.480 e. The number of likely N-dealkylation sites (tertiary alicyclic amines) is 1. The molecule has 0 aromatic heterocycles. The first-order valence-electron chi connectivity index (χ1n) is 6.83. The Labute approximate surface area is 112 Å². The number of hydrogen-bond donors (Lipinski definition) is 2. The molecule has 2 atom stereocenters. The molecule has 1 saturated heterocycles. The standard InChI is InChI=1S/C13H21NO5/c1-2-19-10-3-8(4-10)5-12(16)14-7-9(15)6-11(14)13(17)18/h8-11,15H,2-7H2,1H3,(H,17,18)/t8?,9?,10?,11-/m0/s1. The highest BCUT2D eigenvalue weighted by Gasteiger charge is 2.40. The predicted molar refractivity (Wildman–Crippen MR) is 66.5 cm³/mol. The van der Waals surface area contributed by atoms with Crippen LogP contribution in [-0.2, 0) is 14.3 Å². The summed E-state index contributed by atoms with van der Waals surface area (Å²) in [6.45, 7) is 2.77. The molecule has 0 spiro atoms. The molecule has 1 unspecified atom stereocenters. The zero-order chi connectivity index (χ0) is 14.0. The molecule has 1 saturated carbocycles. The molecule has 0 aromatic carbocycles. The summed E-state index contributed by atoms with van der Waals surface area (Å²) < 4.78 is 5.43. The Bertz CT molecular complexity index is 353. The van der Waals surface area contributed by atoms with Crippen LogP contribution in [-0.4, -0.2) is 58.4 Å². The van der Waals surface area contributed by atoms with Gasteiger partial charge in [0.05, 0.1) is 12.2 Å². The summed E-state index contributed by atoms with van der Waals surface area (Å²) in [6.07, 6.45) is 1.76. The minimum absolute atomic E-state index is 0.132. The van der Waals surface area contributed by atoms with Crippen LogP contribution >= 0.6 is 0 Å². The van der Waals surface area contributed by atoms with E-state index in [1.54, 1.807) is 0 Å². The average molecular weight is 271 g/mol. The number of aliphatic carboxylic acids is 1. The first-order chi connectivity index (χ1) is 9.01. The Kier molecular flexibility index (Phi) is 4.42. The van der Waals surface area contributed by atoms with Gasteiger partial charge in [-0.25, -0.2) is 4.79 Å². The maximum atomic E-state index is 12.1. The first kappa shape index (κ1) is 14.3. The lowest BCUT2D eigenvalue weighted by Crippen LogP contribution is -2.43. The Morgan fingerprint density at radius 2 is 2.00 bits per heavy atom. The van der Waals surface area contributed by atoms with E-state index < -0.39 is 18.1 Å². The summed E-state index contributed by atoms with van der Waals surface area (Å²) in [5.74, 6) is -0.911. The number of rotatable bonds is 5. The van der Waals surface area contributed by atoms with Crippen LogP contribution < -0.4 is 0 Å². The van der Waals surface area contributed by atoms with Crippen LogP contribution in [0.3, 0.4) is 0 Å². The van der Waals surface area contributed by atoms with E-state index in [0.29, 0.717) is 13.0 Å². The van der Waals surface area contributed by atoms with Gasteiger partial charge in [0, 0.05) is 26.0 Å². The zero-order valence-corrected chi connectivity index (χ0v) is 11.1. The highest BCUT2D eigenvalue weighted by Crippen LogP contribution is 2.34. The molecule has 0 radical (unpaired) electrons. The van der Waals surface area contributed by atoms with Gasteiger partial charge in [-0.05, 0) is 25.7 Å². The smallest absolute Gasteiger partial charge is 0.326 e. The second-order valence-electron chi connectivity index (χ2n) is 5.41. The number of carboxylic acids is 1. The third kappa shape index (κ3) is 3.25. The monoisotopic (exact) mass is 271 g/mol. The van der Waals surface area contributed by atoms with E-state index in [1.807, 2.05) is 6.92 Å². The van der Waals surface area contributed by atoms with E-state index in [4.69, 9.17) is 9.84 Å². The van der Waals surface area contributed by atoms with Gasteiger partial charge >= 0.3 is 5.97 Å². The molecule has 0 aromatic rings. The SMILES string of the molecule is CCOC1CC(CC(=O)N2CC(O)C[C@H]2C(=O)O)C1. The molecule has 0 bridgehead atoms. The second kappa shape index (κ2) is 5.88. The minimum atomic E-state index is -1.04. The van der Waals surface area contributed by atoms with Crippen LogP contribution in [0.1, 0.15) is 32.6 Å². The number of hydrogen-bond acceptors (Lipinski definition) is 4. The lowest BCUT2D eigenvalue weighted by Gasteiger charge is -2.35. The van der Waals surface area contributed by atoms with Gasteiger partial charge in [0.25, 0.3) is 0 Å². The molecular weight excluding hydrogens is 250 g/mol. The topological polar surface area (TPSA) is 87.1 Å². The van der Waals surface area contributed by atoms with Gasteiger partial charge in [-0.1, -0.05) is 0 Å². The van der Waals surface area contributed by atoms with Crippen LogP contribution in [0.2, 0.25) is 0 Å². The van der Waals surface area contributed by atoms with Crippen molar-refractivity contribution in [2.45, 2.75) is 50.9 Å². The summed E-state index contributed by atoms with van der Waals surface area (Å²) in [5, 5.41) is 18.6. The zero-order valence-electron chi connectivity index (χ0n) is 11.1. The number of carbonyl (C=O) groups is 2. The van der Waals surface area contributed by atoms with E-state index >= 15 is 0 Å². The third-order valence-corrected chi connectivity index (χ3v) is 3.94. The fourth-order valence-electron chi connectivity index (χ4n) is 2.90. The van der Waals surface area contributed by atoms with E-state index in [1.165, 1.54) is 4.90 Å². The van der Waals surface area contributed by atoms with Crippen LogP contribution in [0.5, 0.6) is 0 Å². The molecule has 6 heteroatoms. The molecule has 1 heterocycles. The Hall–Kier alpha value is -1.14. The van der Waals surface area contributed by atoms with Gasteiger partial charge in [-0.3, -0.25) is 4.79 Å². The van der Waals surface area contributed by atoms with E-state index in [0.717, 1.165) is 12.8 Å². The maximum Gasteiger partial charge on any atom is 0.326 e. The highest BCUT2D eigenvalue weighted by atomic mass is 16.5. The summed E-state index contributed by atoms with van der Waals surface area (Å²) in [6, 6.07) is -0.870. The molecule has 2 aliphatic rings. The Morgan fingerprint density at radius 3 is 2.58 bits per heavy atom. The second-order valence-corrected chi connectivity index (χ2v) is 5.41. The average Bonchev–Trinajstić information content (AvgIpc) is 2.68. The predicted octanol–water partition coefficient (Wildman–Crippen LogP) is 0.238. The van der Waals surface area contributed by atoms with Crippen molar-refractivity contribution in [3.8, 4) is 0 Å². The molecule has 2 rings (SSSR count). The van der Waals surface area contributed by atoms with Gasteiger partial charge in [0.2, 0.25) is 5.91 Å². The molecule has 1 amide bonds. The quantitative estimate of drug-likeness (QED) is 0.748. The highest BCUT2D eigenvalue weighted by molar-refractivity contribution is 5.84. The van der Waals surface area contributed by atoms with Gasteiger partial charge in [-0.15, -0.1) is 0 Å². The number of ether oxygens (including phenoxy) is 1. The van der Waals surface area contributed by atoms with E-state index in [-0.39, 0.29) is 30.9 Å². The van der Waals surface area contributed by atoms with Crippen LogP contribution in [0.25, 0.3) is 0 Å². The molecule has 2 N–H and O–H groups in total. The van der Waals surface area contributed by atoms with Crippen LogP contribution in [0, 0.1) is 5.92 Å². The summed E-state index contributed by atoms with van der Waals surface area (Å²) in [5.41, 5.74) is 0.